The summed E-state index contributed by atoms with van der Waals surface area (Å²) >= 11 is 5.46. The van der Waals surface area contributed by atoms with Crippen LogP contribution in [0.25, 0.3) is 0 Å². The summed E-state index contributed by atoms with van der Waals surface area (Å²) in [5.74, 6) is 0.502. The number of benzene rings is 1. The van der Waals surface area contributed by atoms with Crippen LogP contribution in [0.1, 0.15) is 19.4 Å². The number of halogens is 1. The minimum Gasteiger partial charge on any atom is -0.485 e. The standard InChI is InChI=1S/C12H14ClNO2/c1-12(2)6-8-4-3-5-9(11(8)16-12)14-10(15)7-13/h3-5H,6-7H2,1-2H3,(H,14,15). The third-order valence-corrected chi connectivity index (χ3v) is 2.73. The molecule has 1 amide bonds. The topological polar surface area (TPSA) is 38.3 Å². The molecule has 0 bridgehead atoms. The number of alkyl halides is 1. The van der Waals surface area contributed by atoms with Crippen molar-refractivity contribution in [2.75, 3.05) is 11.2 Å². The Bertz CT molecular complexity index is 429. The van der Waals surface area contributed by atoms with E-state index in [1.807, 2.05) is 32.0 Å². The van der Waals surface area contributed by atoms with E-state index < -0.39 is 0 Å². The van der Waals surface area contributed by atoms with Crippen molar-refractivity contribution in [2.45, 2.75) is 25.9 Å². The predicted octanol–water partition coefficient (Wildman–Crippen LogP) is 2.58. The highest BCUT2D eigenvalue weighted by Gasteiger charge is 2.31. The van der Waals surface area contributed by atoms with Crippen LogP contribution in [-0.4, -0.2) is 17.4 Å². The molecule has 0 fully saturated rings. The molecular formula is C12H14ClNO2. The first-order chi connectivity index (χ1) is 7.52. The second kappa shape index (κ2) is 3.98. The number of hydrogen-bond donors (Lipinski definition) is 1. The van der Waals surface area contributed by atoms with Crippen molar-refractivity contribution >= 4 is 23.2 Å². The Labute approximate surface area is 99.7 Å². The summed E-state index contributed by atoms with van der Waals surface area (Å²) in [5.41, 5.74) is 1.62. The van der Waals surface area contributed by atoms with Crippen LogP contribution >= 0.6 is 11.6 Å². The van der Waals surface area contributed by atoms with Crippen LogP contribution in [-0.2, 0) is 11.2 Å². The van der Waals surface area contributed by atoms with E-state index in [1.165, 1.54) is 0 Å². The number of carbonyl (C=O) groups is 1. The number of fused-ring (bicyclic) bond motifs is 1. The number of nitrogens with one attached hydrogen (secondary N) is 1. The molecule has 0 atom stereocenters. The zero-order valence-corrected chi connectivity index (χ0v) is 10.1. The van der Waals surface area contributed by atoms with Crippen molar-refractivity contribution in [3.05, 3.63) is 23.8 Å². The van der Waals surface area contributed by atoms with Gasteiger partial charge >= 0.3 is 0 Å². The van der Waals surface area contributed by atoms with Gasteiger partial charge in [-0.25, -0.2) is 0 Å². The van der Waals surface area contributed by atoms with E-state index in [1.54, 1.807) is 0 Å². The molecule has 0 saturated heterocycles. The van der Waals surface area contributed by atoms with Gasteiger partial charge in [-0.05, 0) is 19.9 Å². The average Bonchev–Trinajstić information content (AvgIpc) is 2.53. The van der Waals surface area contributed by atoms with Crippen LogP contribution in [0.2, 0.25) is 0 Å². The van der Waals surface area contributed by atoms with Gasteiger partial charge in [-0.15, -0.1) is 11.6 Å². The molecule has 1 aliphatic heterocycles. The Kier molecular flexibility index (Phi) is 2.80. The molecule has 0 unspecified atom stereocenters. The predicted molar refractivity (Wildman–Crippen MR) is 64.2 cm³/mol. The first kappa shape index (κ1) is 11.3. The van der Waals surface area contributed by atoms with Gasteiger partial charge in [0, 0.05) is 12.0 Å². The number of amides is 1. The fraction of sp³-hybridized carbons (Fsp3) is 0.417. The molecule has 0 aromatic heterocycles. The van der Waals surface area contributed by atoms with Gasteiger partial charge in [-0.2, -0.15) is 0 Å². The normalized spacial score (nSPS) is 16.4. The first-order valence-corrected chi connectivity index (χ1v) is 5.72. The van der Waals surface area contributed by atoms with Gasteiger partial charge in [0.1, 0.15) is 17.2 Å². The molecule has 1 heterocycles. The van der Waals surface area contributed by atoms with Crippen LogP contribution in [0.5, 0.6) is 5.75 Å². The monoisotopic (exact) mass is 239 g/mol. The summed E-state index contributed by atoms with van der Waals surface area (Å²) in [5, 5.41) is 2.73. The third kappa shape index (κ3) is 2.14. The van der Waals surface area contributed by atoms with E-state index in [4.69, 9.17) is 16.3 Å². The minimum absolute atomic E-state index is 0.0486. The molecule has 1 aromatic rings. The van der Waals surface area contributed by atoms with Gasteiger partial charge in [0.15, 0.2) is 0 Å². The van der Waals surface area contributed by atoms with Crippen molar-refractivity contribution in [3.8, 4) is 5.75 Å². The van der Waals surface area contributed by atoms with E-state index in [0.717, 1.165) is 17.7 Å². The SMILES string of the molecule is CC1(C)Cc2cccc(NC(=O)CCl)c2O1. The summed E-state index contributed by atoms with van der Waals surface area (Å²) in [6.45, 7) is 4.06. The Morgan fingerprint density at radius 3 is 3.00 bits per heavy atom. The Balaban J connectivity index is 2.30. The second-order valence-corrected chi connectivity index (χ2v) is 4.78. The van der Waals surface area contributed by atoms with E-state index in [-0.39, 0.29) is 17.4 Å². The Morgan fingerprint density at radius 2 is 2.31 bits per heavy atom. The number of carbonyl (C=O) groups excluding carboxylic acids is 1. The average molecular weight is 240 g/mol. The van der Waals surface area contributed by atoms with Crippen LogP contribution in [0.3, 0.4) is 0 Å². The van der Waals surface area contributed by atoms with Crippen LogP contribution in [0.4, 0.5) is 5.69 Å². The molecule has 4 heteroatoms. The van der Waals surface area contributed by atoms with E-state index in [2.05, 4.69) is 5.32 Å². The fourth-order valence-corrected chi connectivity index (χ4v) is 1.96. The van der Waals surface area contributed by atoms with Gasteiger partial charge < -0.3 is 10.1 Å². The van der Waals surface area contributed by atoms with Crippen molar-refractivity contribution in [3.63, 3.8) is 0 Å². The number of hydrogen-bond acceptors (Lipinski definition) is 2. The number of anilines is 1. The molecule has 0 saturated carbocycles. The van der Waals surface area contributed by atoms with Crippen molar-refractivity contribution in [1.82, 2.24) is 0 Å². The number of para-hydroxylation sites is 1. The van der Waals surface area contributed by atoms with E-state index >= 15 is 0 Å². The van der Waals surface area contributed by atoms with Crippen LogP contribution in [0, 0.1) is 0 Å². The maximum Gasteiger partial charge on any atom is 0.239 e. The third-order valence-electron chi connectivity index (χ3n) is 2.49. The molecule has 0 aliphatic carbocycles. The van der Waals surface area contributed by atoms with Crippen molar-refractivity contribution in [1.29, 1.82) is 0 Å². The molecule has 0 radical (unpaired) electrons. The molecule has 16 heavy (non-hydrogen) atoms. The lowest BCUT2D eigenvalue weighted by Gasteiger charge is -2.18. The molecule has 3 nitrogen and oxygen atoms in total. The number of ether oxygens (including phenoxy) is 1. The lowest BCUT2D eigenvalue weighted by atomic mass is 10.0. The van der Waals surface area contributed by atoms with E-state index in [0.29, 0.717) is 5.69 Å². The maximum absolute atomic E-state index is 11.2. The zero-order chi connectivity index (χ0) is 11.8. The molecule has 0 spiro atoms. The molecule has 1 N–H and O–H groups in total. The molecule has 1 aliphatic rings. The first-order valence-electron chi connectivity index (χ1n) is 5.18. The highest BCUT2D eigenvalue weighted by molar-refractivity contribution is 6.29. The van der Waals surface area contributed by atoms with Crippen LogP contribution in [0.15, 0.2) is 18.2 Å². The number of rotatable bonds is 2. The quantitative estimate of drug-likeness (QED) is 0.806. The molecular weight excluding hydrogens is 226 g/mol. The highest BCUT2D eigenvalue weighted by Crippen LogP contribution is 2.40. The highest BCUT2D eigenvalue weighted by atomic mass is 35.5. The summed E-state index contributed by atoms with van der Waals surface area (Å²) in [7, 11) is 0. The fourth-order valence-electron chi connectivity index (χ4n) is 1.90. The van der Waals surface area contributed by atoms with Gasteiger partial charge in [-0.1, -0.05) is 12.1 Å². The minimum atomic E-state index is -0.219. The lowest BCUT2D eigenvalue weighted by molar-refractivity contribution is -0.113. The van der Waals surface area contributed by atoms with Gasteiger partial charge in [-0.3, -0.25) is 4.79 Å². The summed E-state index contributed by atoms with van der Waals surface area (Å²) < 4.78 is 5.81. The molecule has 86 valence electrons. The largest absolute Gasteiger partial charge is 0.485 e. The maximum atomic E-state index is 11.2. The molecule has 2 rings (SSSR count). The molecule has 1 aromatic carbocycles. The summed E-state index contributed by atoms with van der Waals surface area (Å²) in [4.78, 5) is 11.2. The second-order valence-electron chi connectivity index (χ2n) is 4.51. The van der Waals surface area contributed by atoms with Crippen molar-refractivity contribution in [2.24, 2.45) is 0 Å². The zero-order valence-electron chi connectivity index (χ0n) is 9.34. The van der Waals surface area contributed by atoms with Crippen molar-refractivity contribution < 1.29 is 9.53 Å². The smallest absolute Gasteiger partial charge is 0.239 e. The lowest BCUT2D eigenvalue weighted by Crippen LogP contribution is -2.25. The van der Waals surface area contributed by atoms with Gasteiger partial charge in [0.25, 0.3) is 0 Å². The van der Waals surface area contributed by atoms with E-state index in [9.17, 15) is 4.79 Å². The summed E-state index contributed by atoms with van der Waals surface area (Å²) in [6.07, 6.45) is 0.854. The Hall–Kier alpha value is -1.22. The summed E-state index contributed by atoms with van der Waals surface area (Å²) in [6, 6.07) is 5.75. The Morgan fingerprint density at radius 1 is 1.56 bits per heavy atom. The van der Waals surface area contributed by atoms with Crippen LogP contribution < -0.4 is 10.1 Å². The van der Waals surface area contributed by atoms with Gasteiger partial charge in [0.2, 0.25) is 5.91 Å². The van der Waals surface area contributed by atoms with Gasteiger partial charge in [0.05, 0.1) is 5.69 Å².